The normalized spacial score (nSPS) is 12.0. The molecule has 0 radical (unpaired) electrons. The van der Waals surface area contributed by atoms with E-state index in [4.69, 9.17) is 21.1 Å². The molecule has 0 aliphatic heterocycles. The summed E-state index contributed by atoms with van der Waals surface area (Å²) in [6.45, 7) is 2.10. The summed E-state index contributed by atoms with van der Waals surface area (Å²) in [6.07, 6.45) is 0. The number of hydrogen-bond acceptors (Lipinski definition) is 4. The molecule has 0 aliphatic rings. The molecule has 1 heterocycles. The Morgan fingerprint density at radius 1 is 1.21 bits per heavy atom. The lowest BCUT2D eigenvalue weighted by molar-refractivity contribution is 0.404. The van der Waals surface area contributed by atoms with Crippen molar-refractivity contribution in [2.75, 3.05) is 19.5 Å². The van der Waals surface area contributed by atoms with Crippen molar-refractivity contribution in [2.24, 2.45) is 0 Å². The van der Waals surface area contributed by atoms with E-state index in [1.54, 1.807) is 31.6 Å². The topological polar surface area (TPSA) is 30.5 Å². The molecule has 1 aromatic carbocycles. The fourth-order valence-corrected chi connectivity index (χ4v) is 2.80. The van der Waals surface area contributed by atoms with Crippen molar-refractivity contribution in [1.82, 2.24) is 0 Å². The number of halogens is 1. The van der Waals surface area contributed by atoms with Gasteiger partial charge in [0.2, 0.25) is 0 Å². The van der Waals surface area contributed by atoms with Crippen molar-refractivity contribution in [3.05, 3.63) is 39.5 Å². The molecule has 3 nitrogen and oxygen atoms in total. The summed E-state index contributed by atoms with van der Waals surface area (Å²) in [5, 5.41) is 8.13. The van der Waals surface area contributed by atoms with Crippen LogP contribution >= 0.6 is 22.9 Å². The molecule has 0 fully saturated rings. The summed E-state index contributed by atoms with van der Waals surface area (Å²) in [5.41, 5.74) is 2.10. The van der Waals surface area contributed by atoms with E-state index in [1.165, 1.54) is 5.56 Å². The molecule has 0 aliphatic carbocycles. The van der Waals surface area contributed by atoms with E-state index in [0.717, 1.165) is 5.69 Å². The Hall–Kier alpha value is -1.39. The van der Waals surface area contributed by atoms with Crippen molar-refractivity contribution in [3.8, 4) is 11.5 Å². The Bertz CT molecular complexity index is 543. The molecule has 5 heteroatoms. The van der Waals surface area contributed by atoms with Gasteiger partial charge in [0.1, 0.15) is 11.5 Å². The van der Waals surface area contributed by atoms with Gasteiger partial charge in [0.25, 0.3) is 0 Å². The second-order valence-corrected chi connectivity index (χ2v) is 5.30. The third kappa shape index (κ3) is 3.14. The second kappa shape index (κ2) is 6.17. The van der Waals surface area contributed by atoms with Gasteiger partial charge in [0.15, 0.2) is 0 Å². The van der Waals surface area contributed by atoms with E-state index in [9.17, 15) is 0 Å². The average Bonchev–Trinajstić information content (AvgIpc) is 2.94. The Morgan fingerprint density at radius 3 is 2.53 bits per heavy atom. The molecule has 2 rings (SSSR count). The van der Waals surface area contributed by atoms with Crippen LogP contribution in [0.4, 0.5) is 5.69 Å². The smallest absolute Gasteiger partial charge is 0.143 e. The van der Waals surface area contributed by atoms with E-state index < -0.39 is 0 Å². The predicted octanol–water partition coefficient (Wildman–Crippen LogP) is 4.59. The molecular formula is C14H16ClNO2S. The summed E-state index contributed by atoms with van der Waals surface area (Å²) in [7, 11) is 3.22. The Labute approximate surface area is 122 Å². The number of thiophene rings is 1. The highest BCUT2D eigenvalue weighted by Gasteiger charge is 2.13. The van der Waals surface area contributed by atoms with Crippen molar-refractivity contribution in [3.63, 3.8) is 0 Å². The van der Waals surface area contributed by atoms with Gasteiger partial charge in [-0.15, -0.1) is 0 Å². The summed E-state index contributed by atoms with van der Waals surface area (Å²) < 4.78 is 10.6. The zero-order chi connectivity index (χ0) is 13.8. The zero-order valence-electron chi connectivity index (χ0n) is 11.1. The van der Waals surface area contributed by atoms with Crippen LogP contribution in [-0.2, 0) is 0 Å². The van der Waals surface area contributed by atoms with Gasteiger partial charge in [0, 0.05) is 18.2 Å². The minimum atomic E-state index is 0.186. The van der Waals surface area contributed by atoms with Gasteiger partial charge in [-0.2, -0.15) is 11.3 Å². The van der Waals surface area contributed by atoms with Gasteiger partial charge in [0.05, 0.1) is 24.9 Å². The minimum Gasteiger partial charge on any atom is -0.495 e. The first-order valence-corrected chi connectivity index (χ1v) is 7.18. The lowest BCUT2D eigenvalue weighted by Gasteiger charge is -2.18. The standard InChI is InChI=1S/C14H16ClNO2S/c1-9(10-4-5-19-8-10)16-12-7-13(17-2)11(15)6-14(12)18-3/h4-9,16H,1-3H3. The van der Waals surface area contributed by atoms with E-state index in [0.29, 0.717) is 16.5 Å². The van der Waals surface area contributed by atoms with Crippen molar-refractivity contribution in [1.29, 1.82) is 0 Å². The van der Waals surface area contributed by atoms with Gasteiger partial charge >= 0.3 is 0 Å². The number of anilines is 1. The number of benzene rings is 1. The molecule has 19 heavy (non-hydrogen) atoms. The Balaban J connectivity index is 2.28. The molecule has 0 spiro atoms. The molecular weight excluding hydrogens is 282 g/mol. The van der Waals surface area contributed by atoms with Crippen LogP contribution in [0.25, 0.3) is 0 Å². The SMILES string of the molecule is COc1cc(NC(C)c2ccsc2)c(OC)cc1Cl. The lowest BCUT2D eigenvalue weighted by Crippen LogP contribution is -2.07. The van der Waals surface area contributed by atoms with Crippen LogP contribution in [0.15, 0.2) is 29.0 Å². The molecule has 0 amide bonds. The molecule has 1 atom stereocenters. The number of nitrogens with one attached hydrogen (secondary N) is 1. The largest absolute Gasteiger partial charge is 0.495 e. The van der Waals surface area contributed by atoms with E-state index in [1.807, 2.05) is 6.07 Å². The highest BCUT2D eigenvalue weighted by atomic mass is 35.5. The van der Waals surface area contributed by atoms with Crippen LogP contribution in [0.2, 0.25) is 5.02 Å². The first kappa shape index (κ1) is 14.0. The van der Waals surface area contributed by atoms with E-state index in [-0.39, 0.29) is 6.04 Å². The quantitative estimate of drug-likeness (QED) is 0.875. The van der Waals surface area contributed by atoms with Crippen LogP contribution in [0.5, 0.6) is 11.5 Å². The van der Waals surface area contributed by atoms with Crippen molar-refractivity contribution in [2.45, 2.75) is 13.0 Å². The predicted molar refractivity (Wildman–Crippen MR) is 80.9 cm³/mol. The average molecular weight is 298 g/mol. The highest BCUT2D eigenvalue weighted by molar-refractivity contribution is 7.08. The van der Waals surface area contributed by atoms with Gasteiger partial charge in [-0.3, -0.25) is 0 Å². The van der Waals surface area contributed by atoms with Crippen LogP contribution in [0, 0.1) is 0 Å². The monoisotopic (exact) mass is 297 g/mol. The number of ether oxygens (including phenoxy) is 2. The minimum absolute atomic E-state index is 0.186. The maximum Gasteiger partial charge on any atom is 0.143 e. The molecule has 0 saturated carbocycles. The molecule has 2 aromatic rings. The molecule has 0 bridgehead atoms. The van der Waals surface area contributed by atoms with E-state index in [2.05, 4.69) is 29.1 Å². The zero-order valence-corrected chi connectivity index (χ0v) is 12.6. The fourth-order valence-electron chi connectivity index (χ4n) is 1.81. The summed E-state index contributed by atoms with van der Waals surface area (Å²) in [5.74, 6) is 1.33. The van der Waals surface area contributed by atoms with Gasteiger partial charge < -0.3 is 14.8 Å². The maximum absolute atomic E-state index is 6.09. The third-order valence-electron chi connectivity index (χ3n) is 2.89. The molecule has 102 valence electrons. The number of hydrogen-bond donors (Lipinski definition) is 1. The van der Waals surface area contributed by atoms with E-state index >= 15 is 0 Å². The summed E-state index contributed by atoms with van der Waals surface area (Å²) in [4.78, 5) is 0. The second-order valence-electron chi connectivity index (χ2n) is 4.11. The van der Waals surface area contributed by atoms with Crippen molar-refractivity contribution >= 4 is 28.6 Å². The van der Waals surface area contributed by atoms with Gasteiger partial charge in [-0.05, 0) is 29.3 Å². The highest BCUT2D eigenvalue weighted by Crippen LogP contribution is 2.37. The van der Waals surface area contributed by atoms with Crippen LogP contribution in [0.3, 0.4) is 0 Å². The first-order chi connectivity index (χ1) is 9.15. The molecule has 1 N–H and O–H groups in total. The van der Waals surface area contributed by atoms with Gasteiger partial charge in [-0.25, -0.2) is 0 Å². The Morgan fingerprint density at radius 2 is 1.95 bits per heavy atom. The lowest BCUT2D eigenvalue weighted by atomic mass is 10.1. The summed E-state index contributed by atoms with van der Waals surface area (Å²) in [6, 6.07) is 5.89. The van der Waals surface area contributed by atoms with Crippen LogP contribution in [-0.4, -0.2) is 14.2 Å². The first-order valence-electron chi connectivity index (χ1n) is 5.86. The number of methoxy groups -OCH3 is 2. The Kier molecular flexibility index (Phi) is 4.56. The third-order valence-corrected chi connectivity index (χ3v) is 3.89. The van der Waals surface area contributed by atoms with Gasteiger partial charge in [-0.1, -0.05) is 11.6 Å². The van der Waals surface area contributed by atoms with Crippen molar-refractivity contribution < 1.29 is 9.47 Å². The number of rotatable bonds is 5. The summed E-state index contributed by atoms with van der Waals surface area (Å²) >= 11 is 7.77. The fraction of sp³-hybridized carbons (Fsp3) is 0.286. The molecule has 1 unspecified atom stereocenters. The maximum atomic E-state index is 6.09. The van der Waals surface area contributed by atoms with Crippen LogP contribution < -0.4 is 14.8 Å². The van der Waals surface area contributed by atoms with Crippen LogP contribution in [0.1, 0.15) is 18.5 Å². The molecule has 1 aromatic heterocycles. The molecule has 0 saturated heterocycles.